The van der Waals surface area contributed by atoms with E-state index < -0.39 is 30.1 Å². The van der Waals surface area contributed by atoms with Crippen LogP contribution in [0, 0.1) is 0 Å². The van der Waals surface area contributed by atoms with Crippen LogP contribution in [-0.2, 0) is 11.0 Å². The SMILES string of the molecule is O=C(CNC(=O)c1cccc(C(F)(F)F)c1)N[C@@H]1CCCC[C@@H]1NC(=O)c1ccc(Oc2ccccc2)cc1. The van der Waals surface area contributed by atoms with Crippen LogP contribution in [0.4, 0.5) is 13.2 Å². The molecule has 3 aromatic carbocycles. The van der Waals surface area contributed by atoms with Crippen LogP contribution in [0.1, 0.15) is 52.0 Å². The Morgan fingerprint density at radius 3 is 2.05 bits per heavy atom. The molecule has 0 spiro atoms. The van der Waals surface area contributed by atoms with E-state index in [1.54, 1.807) is 24.3 Å². The molecule has 1 saturated carbocycles. The maximum atomic E-state index is 12.9. The summed E-state index contributed by atoms with van der Waals surface area (Å²) in [5, 5.41) is 8.17. The molecule has 0 saturated heterocycles. The molecule has 0 radical (unpaired) electrons. The maximum Gasteiger partial charge on any atom is 0.416 e. The molecule has 1 aliphatic rings. The number of hydrogen-bond acceptors (Lipinski definition) is 4. The monoisotopic (exact) mass is 539 g/mol. The third kappa shape index (κ3) is 7.83. The second-order valence-corrected chi connectivity index (χ2v) is 9.24. The van der Waals surface area contributed by atoms with Crippen molar-refractivity contribution < 1.29 is 32.3 Å². The normalized spacial score (nSPS) is 17.1. The van der Waals surface area contributed by atoms with Crippen molar-refractivity contribution >= 4 is 17.7 Å². The van der Waals surface area contributed by atoms with E-state index in [0.29, 0.717) is 29.9 Å². The minimum Gasteiger partial charge on any atom is -0.457 e. The van der Waals surface area contributed by atoms with Gasteiger partial charge in [0, 0.05) is 23.2 Å². The van der Waals surface area contributed by atoms with Gasteiger partial charge in [-0.1, -0.05) is 37.1 Å². The molecular weight excluding hydrogens is 511 g/mol. The van der Waals surface area contributed by atoms with Crippen LogP contribution in [0.15, 0.2) is 78.9 Å². The molecule has 39 heavy (non-hydrogen) atoms. The molecule has 1 fully saturated rings. The summed E-state index contributed by atoms with van der Waals surface area (Å²) in [6.07, 6.45) is -1.52. The number of hydrogen-bond donors (Lipinski definition) is 3. The summed E-state index contributed by atoms with van der Waals surface area (Å²) in [6, 6.07) is 19.3. The average Bonchev–Trinajstić information content (AvgIpc) is 2.93. The summed E-state index contributed by atoms with van der Waals surface area (Å²) in [6.45, 7) is -0.408. The topological polar surface area (TPSA) is 96.5 Å². The number of rotatable bonds is 8. The van der Waals surface area contributed by atoms with Gasteiger partial charge >= 0.3 is 6.18 Å². The number of alkyl halides is 3. The first-order valence-corrected chi connectivity index (χ1v) is 12.6. The van der Waals surface area contributed by atoms with E-state index in [2.05, 4.69) is 16.0 Å². The highest BCUT2D eigenvalue weighted by molar-refractivity contribution is 5.97. The minimum absolute atomic E-state index is 0.194. The summed E-state index contributed by atoms with van der Waals surface area (Å²) in [4.78, 5) is 37.7. The summed E-state index contributed by atoms with van der Waals surface area (Å²) in [5.74, 6) is -0.298. The Hall–Kier alpha value is -4.34. The Balaban J connectivity index is 1.29. The third-order valence-corrected chi connectivity index (χ3v) is 6.39. The van der Waals surface area contributed by atoms with Crippen LogP contribution in [-0.4, -0.2) is 36.3 Å². The van der Waals surface area contributed by atoms with Crippen LogP contribution in [0.3, 0.4) is 0 Å². The lowest BCUT2D eigenvalue weighted by atomic mass is 9.90. The minimum atomic E-state index is -4.58. The first-order valence-electron chi connectivity index (χ1n) is 12.6. The molecule has 0 heterocycles. The molecule has 0 aliphatic heterocycles. The van der Waals surface area contributed by atoms with Crippen molar-refractivity contribution in [2.75, 3.05) is 6.54 Å². The van der Waals surface area contributed by atoms with Crippen molar-refractivity contribution in [3.8, 4) is 11.5 Å². The first-order chi connectivity index (χ1) is 18.7. The van der Waals surface area contributed by atoms with E-state index in [-0.39, 0.29) is 23.6 Å². The predicted molar refractivity (Wildman–Crippen MR) is 138 cm³/mol. The highest BCUT2D eigenvalue weighted by Gasteiger charge is 2.31. The first kappa shape index (κ1) is 27.7. The van der Waals surface area contributed by atoms with Crippen molar-refractivity contribution in [1.29, 1.82) is 0 Å². The van der Waals surface area contributed by atoms with Gasteiger partial charge in [0.25, 0.3) is 11.8 Å². The Labute approximate surface area is 223 Å². The van der Waals surface area contributed by atoms with E-state index in [0.717, 1.165) is 31.0 Å². The van der Waals surface area contributed by atoms with Gasteiger partial charge in [-0.25, -0.2) is 0 Å². The molecule has 1 aliphatic carbocycles. The molecule has 3 aromatic rings. The lowest BCUT2D eigenvalue weighted by Gasteiger charge is -2.33. The van der Waals surface area contributed by atoms with Crippen molar-refractivity contribution in [3.05, 3.63) is 95.6 Å². The number of carbonyl (C=O) groups excluding carboxylic acids is 3. The van der Waals surface area contributed by atoms with Crippen LogP contribution in [0.2, 0.25) is 0 Å². The Morgan fingerprint density at radius 1 is 0.744 bits per heavy atom. The van der Waals surface area contributed by atoms with Gasteiger partial charge in [-0.2, -0.15) is 13.2 Å². The number of halogens is 3. The van der Waals surface area contributed by atoms with Gasteiger partial charge in [-0.15, -0.1) is 0 Å². The average molecular weight is 540 g/mol. The third-order valence-electron chi connectivity index (χ3n) is 6.39. The van der Waals surface area contributed by atoms with Crippen LogP contribution in [0.5, 0.6) is 11.5 Å². The van der Waals surface area contributed by atoms with E-state index in [9.17, 15) is 27.6 Å². The van der Waals surface area contributed by atoms with Gasteiger partial charge in [0.05, 0.1) is 12.1 Å². The highest BCUT2D eigenvalue weighted by Crippen LogP contribution is 2.29. The smallest absolute Gasteiger partial charge is 0.416 e. The second-order valence-electron chi connectivity index (χ2n) is 9.24. The van der Waals surface area contributed by atoms with Crippen molar-refractivity contribution in [3.63, 3.8) is 0 Å². The van der Waals surface area contributed by atoms with Gasteiger partial charge < -0.3 is 20.7 Å². The zero-order chi connectivity index (χ0) is 27.8. The number of amides is 3. The van der Waals surface area contributed by atoms with E-state index in [1.165, 1.54) is 6.07 Å². The predicted octanol–water partition coefficient (Wildman–Crippen LogP) is 5.08. The second kappa shape index (κ2) is 12.5. The van der Waals surface area contributed by atoms with E-state index >= 15 is 0 Å². The molecule has 0 bridgehead atoms. The molecule has 10 heteroatoms. The molecule has 0 unspecified atom stereocenters. The van der Waals surface area contributed by atoms with Crippen molar-refractivity contribution in [2.45, 2.75) is 43.9 Å². The Kier molecular flexibility index (Phi) is 8.85. The molecule has 0 aromatic heterocycles. The fourth-order valence-corrected chi connectivity index (χ4v) is 4.38. The van der Waals surface area contributed by atoms with Gasteiger partial charge in [0.1, 0.15) is 11.5 Å². The van der Waals surface area contributed by atoms with Crippen LogP contribution >= 0.6 is 0 Å². The highest BCUT2D eigenvalue weighted by atomic mass is 19.4. The zero-order valence-electron chi connectivity index (χ0n) is 21.0. The maximum absolute atomic E-state index is 12.9. The largest absolute Gasteiger partial charge is 0.457 e. The summed E-state index contributed by atoms with van der Waals surface area (Å²) < 4.78 is 44.5. The number of nitrogens with one attached hydrogen (secondary N) is 3. The van der Waals surface area contributed by atoms with Crippen LogP contribution < -0.4 is 20.7 Å². The summed E-state index contributed by atoms with van der Waals surface area (Å²) in [5.41, 5.74) is -0.696. The fraction of sp³-hybridized carbons (Fsp3) is 0.276. The molecule has 3 N–H and O–H groups in total. The van der Waals surface area contributed by atoms with Gasteiger partial charge in [-0.05, 0) is 67.4 Å². The molecule has 204 valence electrons. The van der Waals surface area contributed by atoms with Gasteiger partial charge in [-0.3, -0.25) is 14.4 Å². The van der Waals surface area contributed by atoms with Crippen molar-refractivity contribution in [2.24, 2.45) is 0 Å². The van der Waals surface area contributed by atoms with Crippen molar-refractivity contribution in [1.82, 2.24) is 16.0 Å². The molecule has 3 amide bonds. The summed E-state index contributed by atoms with van der Waals surface area (Å²) >= 11 is 0. The molecule has 2 atom stereocenters. The molecule has 7 nitrogen and oxygen atoms in total. The number of para-hydroxylation sites is 1. The quantitative estimate of drug-likeness (QED) is 0.372. The standard InChI is InChI=1S/C29H28F3N3O4/c30-29(31,32)21-8-6-7-20(17-21)27(37)33-18-26(36)34-24-11-4-5-12-25(24)35-28(38)19-13-15-23(16-14-19)39-22-9-2-1-3-10-22/h1-3,6-10,13-17,24-25H,4-5,11-12,18H2,(H,33,37)(H,34,36)(H,35,38)/t24-,25+/m1/s1. The fourth-order valence-electron chi connectivity index (χ4n) is 4.38. The van der Waals surface area contributed by atoms with E-state index in [1.807, 2.05) is 30.3 Å². The molecule has 4 rings (SSSR count). The zero-order valence-corrected chi connectivity index (χ0v) is 21.0. The lowest BCUT2D eigenvalue weighted by Crippen LogP contribution is -2.54. The number of benzene rings is 3. The Bertz CT molecular complexity index is 1300. The van der Waals surface area contributed by atoms with E-state index in [4.69, 9.17) is 4.74 Å². The molecular formula is C29H28F3N3O4. The van der Waals surface area contributed by atoms with Gasteiger partial charge in [0.15, 0.2) is 0 Å². The number of ether oxygens (including phenoxy) is 1. The Morgan fingerprint density at radius 2 is 1.38 bits per heavy atom. The summed E-state index contributed by atoms with van der Waals surface area (Å²) in [7, 11) is 0. The number of carbonyl (C=O) groups is 3. The van der Waals surface area contributed by atoms with Gasteiger partial charge in [0.2, 0.25) is 5.91 Å². The lowest BCUT2D eigenvalue weighted by molar-refractivity contribution is -0.137. The van der Waals surface area contributed by atoms with Crippen LogP contribution in [0.25, 0.3) is 0 Å².